The van der Waals surface area contributed by atoms with Gasteiger partial charge < -0.3 is 19.3 Å². The number of carbonyl (C=O) groups is 1. The Bertz CT molecular complexity index is 1240. The highest BCUT2D eigenvalue weighted by atomic mass is 35.5. The Hall–Kier alpha value is -2.39. The summed E-state index contributed by atoms with van der Waals surface area (Å²) in [5, 5.41) is 0.780. The first-order valence-corrected chi connectivity index (χ1v) is 14.3. The third kappa shape index (κ3) is 4.66. The minimum absolute atomic E-state index is 0.0313. The summed E-state index contributed by atoms with van der Waals surface area (Å²) in [5.41, 5.74) is 0.653. The standard InChI is InChI=1S/C28H37ClFN5O3/c1-27(2,3)38-26(36)33-13-14-35-19(16-33)8-4-7-18-15-20(29)22(30)23-21(18)24(35)32-25(31-23)37-17-28-9-5-11-34(28)12-6-10-28/h15,19H,4-14,16-17H2,1-3H3. The van der Waals surface area contributed by atoms with Crippen LogP contribution in [0.1, 0.15) is 64.9 Å². The third-order valence-corrected chi connectivity index (χ3v) is 8.86. The fraction of sp³-hybridized carbons (Fsp3) is 0.679. The first-order chi connectivity index (χ1) is 18.1. The molecule has 1 atom stereocenters. The van der Waals surface area contributed by atoms with Gasteiger partial charge >= 0.3 is 12.1 Å². The van der Waals surface area contributed by atoms with Gasteiger partial charge in [-0.3, -0.25) is 4.90 Å². The smallest absolute Gasteiger partial charge is 0.410 e. The van der Waals surface area contributed by atoms with Gasteiger partial charge in [0.1, 0.15) is 23.5 Å². The summed E-state index contributed by atoms with van der Waals surface area (Å²) in [5.74, 6) is 0.140. The maximum atomic E-state index is 15.5. The molecule has 1 aromatic carbocycles. The molecule has 0 aliphatic carbocycles. The molecule has 3 fully saturated rings. The fourth-order valence-electron chi connectivity index (χ4n) is 6.82. The van der Waals surface area contributed by atoms with Crippen LogP contribution in [0.2, 0.25) is 5.02 Å². The number of anilines is 1. The Labute approximate surface area is 228 Å². The second-order valence-electron chi connectivity index (χ2n) is 12.3. The van der Waals surface area contributed by atoms with E-state index in [0.717, 1.165) is 50.8 Å². The normalized spacial score (nSPS) is 23.1. The minimum Gasteiger partial charge on any atom is -0.461 e. The lowest BCUT2D eigenvalue weighted by atomic mass is 9.95. The average molecular weight is 546 g/mol. The van der Waals surface area contributed by atoms with Crippen molar-refractivity contribution in [2.24, 2.45) is 0 Å². The van der Waals surface area contributed by atoms with Crippen molar-refractivity contribution < 1.29 is 18.7 Å². The second kappa shape index (κ2) is 9.66. The maximum absolute atomic E-state index is 15.5. The number of fused-ring (bicyclic) bond motifs is 3. The number of halogens is 2. The summed E-state index contributed by atoms with van der Waals surface area (Å²) in [6.07, 6.45) is 6.74. The molecular formula is C28H37ClFN5O3. The molecule has 10 heteroatoms. The molecule has 1 aromatic heterocycles. The highest BCUT2D eigenvalue weighted by Crippen LogP contribution is 2.41. The van der Waals surface area contributed by atoms with E-state index in [1.165, 1.54) is 12.8 Å². The van der Waals surface area contributed by atoms with Crippen LogP contribution in [0.15, 0.2) is 6.07 Å². The summed E-state index contributed by atoms with van der Waals surface area (Å²) in [4.78, 5) is 28.9. The van der Waals surface area contributed by atoms with Gasteiger partial charge in [-0.05, 0) is 90.4 Å². The van der Waals surface area contributed by atoms with Gasteiger partial charge in [-0.15, -0.1) is 0 Å². The summed E-state index contributed by atoms with van der Waals surface area (Å²) in [7, 11) is 0. The Kier molecular flexibility index (Phi) is 6.58. The number of hydrogen-bond donors (Lipinski definition) is 0. The van der Waals surface area contributed by atoms with Crippen molar-refractivity contribution in [1.29, 1.82) is 0 Å². The molecule has 1 unspecified atom stereocenters. The van der Waals surface area contributed by atoms with Crippen molar-refractivity contribution in [3.8, 4) is 6.01 Å². The van der Waals surface area contributed by atoms with Gasteiger partial charge in [-0.2, -0.15) is 9.97 Å². The zero-order chi connectivity index (χ0) is 26.7. The lowest BCUT2D eigenvalue weighted by molar-refractivity contribution is 0.0211. The van der Waals surface area contributed by atoms with Crippen molar-refractivity contribution in [3.63, 3.8) is 0 Å². The van der Waals surface area contributed by atoms with E-state index < -0.39 is 11.4 Å². The largest absolute Gasteiger partial charge is 0.461 e. The van der Waals surface area contributed by atoms with Gasteiger partial charge in [0, 0.05) is 31.1 Å². The summed E-state index contributed by atoms with van der Waals surface area (Å²) >= 11 is 6.34. The predicted octanol–water partition coefficient (Wildman–Crippen LogP) is 5.19. The molecular weight excluding hydrogens is 509 g/mol. The molecule has 206 valence electrons. The van der Waals surface area contributed by atoms with E-state index in [2.05, 4.69) is 14.8 Å². The van der Waals surface area contributed by atoms with Crippen molar-refractivity contribution in [2.75, 3.05) is 44.2 Å². The van der Waals surface area contributed by atoms with E-state index in [4.69, 9.17) is 26.1 Å². The molecule has 3 saturated heterocycles. The zero-order valence-corrected chi connectivity index (χ0v) is 23.3. The third-order valence-electron chi connectivity index (χ3n) is 8.58. The zero-order valence-electron chi connectivity index (χ0n) is 22.6. The quantitative estimate of drug-likeness (QED) is 0.525. The first kappa shape index (κ1) is 25.9. The first-order valence-electron chi connectivity index (χ1n) is 13.9. The van der Waals surface area contributed by atoms with E-state index in [-0.39, 0.29) is 34.2 Å². The van der Waals surface area contributed by atoms with Crippen LogP contribution in [0.25, 0.3) is 10.9 Å². The Morgan fingerprint density at radius 1 is 1.16 bits per heavy atom. The number of piperazine rings is 1. The van der Waals surface area contributed by atoms with Crippen LogP contribution >= 0.6 is 11.6 Å². The second-order valence-corrected chi connectivity index (χ2v) is 12.7. The maximum Gasteiger partial charge on any atom is 0.410 e. The van der Waals surface area contributed by atoms with Crippen molar-refractivity contribution >= 4 is 34.4 Å². The molecule has 0 spiro atoms. The molecule has 0 N–H and O–H groups in total. The van der Waals surface area contributed by atoms with Crippen LogP contribution in [0, 0.1) is 5.82 Å². The number of nitrogens with zero attached hydrogens (tertiary/aromatic N) is 5. The molecule has 4 aliphatic heterocycles. The van der Waals surface area contributed by atoms with Gasteiger partial charge in [0.25, 0.3) is 0 Å². The van der Waals surface area contributed by atoms with Crippen LogP contribution in [0.5, 0.6) is 6.01 Å². The van der Waals surface area contributed by atoms with Crippen molar-refractivity contribution in [1.82, 2.24) is 19.8 Å². The van der Waals surface area contributed by atoms with Crippen molar-refractivity contribution in [2.45, 2.75) is 82.9 Å². The number of rotatable bonds is 3. The lowest BCUT2D eigenvalue weighted by Crippen LogP contribution is -2.56. The van der Waals surface area contributed by atoms with E-state index in [1.807, 2.05) is 20.8 Å². The minimum atomic E-state index is -0.552. The Morgan fingerprint density at radius 3 is 2.66 bits per heavy atom. The highest BCUT2D eigenvalue weighted by molar-refractivity contribution is 6.31. The van der Waals surface area contributed by atoms with Crippen LogP contribution in [-0.2, 0) is 11.2 Å². The van der Waals surface area contributed by atoms with Gasteiger partial charge in [0.15, 0.2) is 5.82 Å². The lowest BCUT2D eigenvalue weighted by Gasteiger charge is -2.43. The summed E-state index contributed by atoms with van der Waals surface area (Å²) < 4.78 is 27.4. The number of ether oxygens (including phenoxy) is 2. The van der Waals surface area contributed by atoms with E-state index in [9.17, 15) is 4.79 Å². The van der Waals surface area contributed by atoms with Crippen LogP contribution in [0.3, 0.4) is 0 Å². The van der Waals surface area contributed by atoms with Crippen LogP contribution in [0.4, 0.5) is 15.0 Å². The van der Waals surface area contributed by atoms with Crippen LogP contribution in [-0.4, -0.2) is 82.4 Å². The molecule has 8 nitrogen and oxygen atoms in total. The topological polar surface area (TPSA) is 71.0 Å². The molecule has 2 aromatic rings. The average Bonchev–Trinajstić information content (AvgIpc) is 3.43. The molecule has 0 saturated carbocycles. The molecule has 4 aliphatic rings. The van der Waals surface area contributed by atoms with Crippen molar-refractivity contribution in [3.05, 3.63) is 22.5 Å². The number of aryl methyl sites for hydroxylation is 1. The number of benzene rings is 1. The number of amides is 1. The monoisotopic (exact) mass is 545 g/mol. The Morgan fingerprint density at radius 2 is 1.92 bits per heavy atom. The molecule has 6 rings (SSSR count). The Balaban J connectivity index is 1.35. The number of carbonyl (C=O) groups excluding carboxylic acids is 1. The fourth-order valence-corrected chi connectivity index (χ4v) is 7.04. The summed E-state index contributed by atoms with van der Waals surface area (Å²) in [6.45, 7) is 9.93. The van der Waals surface area contributed by atoms with E-state index >= 15 is 4.39 Å². The van der Waals surface area contributed by atoms with Gasteiger partial charge in [0.2, 0.25) is 0 Å². The molecule has 1 amide bonds. The van der Waals surface area contributed by atoms with Gasteiger partial charge in [-0.1, -0.05) is 11.6 Å². The number of aromatic nitrogens is 2. The predicted molar refractivity (Wildman–Crippen MR) is 145 cm³/mol. The molecule has 38 heavy (non-hydrogen) atoms. The van der Waals surface area contributed by atoms with Crippen LogP contribution < -0.4 is 9.64 Å². The highest BCUT2D eigenvalue weighted by Gasteiger charge is 2.45. The van der Waals surface area contributed by atoms with Gasteiger partial charge in [0.05, 0.1) is 10.6 Å². The summed E-state index contributed by atoms with van der Waals surface area (Å²) in [6, 6.07) is 1.95. The van der Waals surface area contributed by atoms with E-state index in [0.29, 0.717) is 37.4 Å². The number of hydrogen-bond acceptors (Lipinski definition) is 7. The van der Waals surface area contributed by atoms with E-state index in [1.54, 1.807) is 11.0 Å². The molecule has 5 heterocycles. The van der Waals surface area contributed by atoms with Gasteiger partial charge in [-0.25, -0.2) is 9.18 Å². The molecule has 0 radical (unpaired) electrons. The molecule has 0 bridgehead atoms. The SMILES string of the molecule is CC(C)(C)OC(=O)N1CCN2c3nc(OCC45CCCN4CCC5)nc4c(F)c(Cl)cc(c34)CCCC2C1.